The summed E-state index contributed by atoms with van der Waals surface area (Å²) in [6.45, 7) is 1.10. The first-order valence-electron chi connectivity index (χ1n) is 6.09. The first-order chi connectivity index (χ1) is 9.63. The highest BCUT2D eigenvalue weighted by Gasteiger charge is 2.33. The van der Waals surface area contributed by atoms with E-state index in [1.165, 1.54) is 10.9 Å². The quantitative estimate of drug-likeness (QED) is 0.894. The normalized spacial score (nSPS) is 15.1. The molecule has 1 fully saturated rings. The molecule has 1 aliphatic heterocycles. The van der Waals surface area contributed by atoms with Gasteiger partial charge in [0, 0.05) is 18.0 Å². The number of nitrogens with zero attached hydrogens (tertiary/aromatic N) is 4. The molecular weight excluding hydrogens is 280 g/mol. The van der Waals surface area contributed by atoms with Crippen LogP contribution in [0.15, 0.2) is 23.7 Å². The van der Waals surface area contributed by atoms with Gasteiger partial charge in [-0.3, -0.25) is 4.79 Å². The van der Waals surface area contributed by atoms with Crippen molar-refractivity contribution in [2.24, 2.45) is 0 Å². The number of carboxylic acid groups (broad SMARTS) is 1. The average molecular weight is 292 g/mol. The first-order valence-corrected chi connectivity index (χ1v) is 6.97. The summed E-state index contributed by atoms with van der Waals surface area (Å²) in [7, 11) is 0. The van der Waals surface area contributed by atoms with E-state index in [9.17, 15) is 9.59 Å². The lowest BCUT2D eigenvalue weighted by atomic mass is 10.1. The zero-order valence-corrected chi connectivity index (χ0v) is 11.3. The lowest BCUT2D eigenvalue weighted by Gasteiger charge is -2.38. The van der Waals surface area contributed by atoms with Gasteiger partial charge in [0.15, 0.2) is 5.69 Å². The number of hydrogen-bond acceptors (Lipinski definition) is 5. The van der Waals surface area contributed by atoms with Crippen LogP contribution in [0.5, 0.6) is 0 Å². The summed E-state index contributed by atoms with van der Waals surface area (Å²) in [4.78, 5) is 25.5. The zero-order valence-electron chi connectivity index (χ0n) is 10.5. The molecule has 0 bridgehead atoms. The molecule has 1 saturated heterocycles. The third kappa shape index (κ3) is 2.42. The molecule has 0 aliphatic carbocycles. The molecule has 20 heavy (non-hydrogen) atoms. The number of aromatic carboxylic acids is 1. The number of carbonyl (C=O) groups excluding carboxylic acids is 1. The van der Waals surface area contributed by atoms with Gasteiger partial charge in [-0.1, -0.05) is 11.3 Å². The highest BCUT2D eigenvalue weighted by Crippen LogP contribution is 2.22. The zero-order chi connectivity index (χ0) is 14.1. The molecule has 1 aliphatic rings. The smallest absolute Gasteiger partial charge is 0.358 e. The van der Waals surface area contributed by atoms with Gasteiger partial charge in [0.25, 0.3) is 0 Å². The lowest BCUT2D eigenvalue weighted by Crippen LogP contribution is -2.51. The Morgan fingerprint density at radius 1 is 1.45 bits per heavy atom. The third-order valence-corrected chi connectivity index (χ3v) is 4.10. The monoisotopic (exact) mass is 292 g/mol. The van der Waals surface area contributed by atoms with E-state index in [1.54, 1.807) is 16.2 Å². The average Bonchev–Trinajstić information content (AvgIpc) is 2.97. The van der Waals surface area contributed by atoms with Crippen molar-refractivity contribution >= 4 is 23.2 Å². The summed E-state index contributed by atoms with van der Waals surface area (Å²) in [6.07, 6.45) is 1.82. The van der Waals surface area contributed by atoms with Gasteiger partial charge < -0.3 is 10.0 Å². The van der Waals surface area contributed by atoms with Crippen molar-refractivity contribution < 1.29 is 14.7 Å². The van der Waals surface area contributed by atoms with Crippen LogP contribution in [0.25, 0.3) is 0 Å². The molecule has 8 heteroatoms. The Hall–Kier alpha value is -2.22. The molecule has 2 aromatic heterocycles. The van der Waals surface area contributed by atoms with E-state index < -0.39 is 5.97 Å². The maximum absolute atomic E-state index is 12.0. The molecule has 0 saturated carbocycles. The van der Waals surface area contributed by atoms with Gasteiger partial charge in [-0.2, -0.15) is 0 Å². The van der Waals surface area contributed by atoms with E-state index in [4.69, 9.17) is 5.11 Å². The summed E-state index contributed by atoms with van der Waals surface area (Å²) >= 11 is 1.57. The number of amides is 1. The first kappa shape index (κ1) is 12.8. The van der Waals surface area contributed by atoms with Crippen LogP contribution in [0.3, 0.4) is 0 Å². The van der Waals surface area contributed by atoms with Crippen LogP contribution in [-0.2, 0) is 11.2 Å². The SMILES string of the molecule is O=C(O)c1cn(C2CN(C(=O)Cc3cccs3)C2)nn1. The van der Waals surface area contributed by atoms with Gasteiger partial charge in [0.1, 0.15) is 0 Å². The Kier molecular flexibility index (Phi) is 3.23. The van der Waals surface area contributed by atoms with Crippen LogP contribution in [-0.4, -0.2) is 50.0 Å². The molecule has 0 atom stereocenters. The summed E-state index contributed by atoms with van der Waals surface area (Å²) in [5.74, 6) is -1.01. The molecule has 2 aromatic rings. The second-order valence-corrected chi connectivity index (χ2v) is 5.63. The molecular formula is C12H12N4O3S. The summed E-state index contributed by atoms with van der Waals surface area (Å²) in [5.41, 5.74) is -0.0756. The highest BCUT2D eigenvalue weighted by molar-refractivity contribution is 7.10. The van der Waals surface area contributed by atoms with Crippen molar-refractivity contribution in [2.45, 2.75) is 12.5 Å². The van der Waals surface area contributed by atoms with Crippen molar-refractivity contribution in [1.29, 1.82) is 0 Å². The van der Waals surface area contributed by atoms with E-state index in [-0.39, 0.29) is 17.6 Å². The number of thiophene rings is 1. The molecule has 1 N–H and O–H groups in total. The van der Waals surface area contributed by atoms with Crippen molar-refractivity contribution in [3.63, 3.8) is 0 Å². The molecule has 7 nitrogen and oxygen atoms in total. The summed E-state index contributed by atoms with van der Waals surface area (Å²) in [6, 6.07) is 3.88. The van der Waals surface area contributed by atoms with E-state index in [1.807, 2.05) is 17.5 Å². The molecule has 3 heterocycles. The Labute approximate surface area is 118 Å². The Balaban J connectivity index is 1.55. The van der Waals surface area contributed by atoms with E-state index in [2.05, 4.69) is 10.3 Å². The van der Waals surface area contributed by atoms with Crippen LogP contribution < -0.4 is 0 Å². The van der Waals surface area contributed by atoms with Crippen LogP contribution in [0.4, 0.5) is 0 Å². The molecule has 104 valence electrons. The number of likely N-dealkylation sites (tertiary alicyclic amines) is 1. The van der Waals surface area contributed by atoms with Crippen molar-refractivity contribution in [2.75, 3.05) is 13.1 Å². The maximum atomic E-state index is 12.0. The summed E-state index contributed by atoms with van der Waals surface area (Å²) in [5, 5.41) is 18.1. The molecule has 3 rings (SSSR count). The largest absolute Gasteiger partial charge is 0.476 e. The number of carbonyl (C=O) groups is 2. The summed E-state index contributed by atoms with van der Waals surface area (Å²) < 4.78 is 1.51. The van der Waals surface area contributed by atoms with Crippen molar-refractivity contribution in [3.05, 3.63) is 34.3 Å². The minimum absolute atomic E-state index is 0.0166. The van der Waals surface area contributed by atoms with E-state index in [0.29, 0.717) is 19.5 Å². The Bertz CT molecular complexity index is 631. The number of aromatic nitrogens is 3. The van der Waals surface area contributed by atoms with Gasteiger partial charge in [-0.15, -0.1) is 16.4 Å². The standard InChI is InChI=1S/C12H12N4O3S/c17-11(4-9-2-1-3-20-9)15-5-8(6-15)16-7-10(12(18)19)13-14-16/h1-3,7-8H,4-6H2,(H,18,19). The fourth-order valence-electron chi connectivity index (χ4n) is 2.05. The van der Waals surface area contributed by atoms with E-state index >= 15 is 0 Å². The predicted octanol–water partition coefficient (Wildman–Crippen LogP) is 0.664. The van der Waals surface area contributed by atoms with Crippen molar-refractivity contribution in [1.82, 2.24) is 19.9 Å². The van der Waals surface area contributed by atoms with E-state index in [0.717, 1.165) is 4.88 Å². The minimum atomic E-state index is -1.10. The van der Waals surface area contributed by atoms with Crippen molar-refractivity contribution in [3.8, 4) is 0 Å². The van der Waals surface area contributed by atoms with Gasteiger partial charge >= 0.3 is 5.97 Å². The van der Waals surface area contributed by atoms with Crippen LogP contribution >= 0.6 is 11.3 Å². The fraction of sp³-hybridized carbons (Fsp3) is 0.333. The van der Waals surface area contributed by atoms with Crippen LogP contribution in [0.1, 0.15) is 21.4 Å². The molecule has 1 amide bonds. The number of hydrogen-bond donors (Lipinski definition) is 1. The van der Waals surface area contributed by atoms with Gasteiger partial charge in [0.2, 0.25) is 5.91 Å². The van der Waals surface area contributed by atoms with Crippen LogP contribution in [0, 0.1) is 0 Å². The predicted molar refractivity (Wildman–Crippen MR) is 70.6 cm³/mol. The van der Waals surface area contributed by atoms with Gasteiger partial charge in [0.05, 0.1) is 18.7 Å². The number of carboxylic acids is 1. The van der Waals surface area contributed by atoms with Gasteiger partial charge in [-0.05, 0) is 11.4 Å². The molecule has 0 radical (unpaired) electrons. The minimum Gasteiger partial charge on any atom is -0.476 e. The Morgan fingerprint density at radius 2 is 2.25 bits per heavy atom. The molecule has 0 unspecified atom stereocenters. The second kappa shape index (κ2) is 5.04. The Morgan fingerprint density at radius 3 is 2.85 bits per heavy atom. The third-order valence-electron chi connectivity index (χ3n) is 3.22. The highest BCUT2D eigenvalue weighted by atomic mass is 32.1. The maximum Gasteiger partial charge on any atom is 0.358 e. The van der Waals surface area contributed by atoms with Crippen LogP contribution in [0.2, 0.25) is 0 Å². The fourth-order valence-corrected chi connectivity index (χ4v) is 2.75. The molecule has 0 spiro atoms. The number of rotatable bonds is 4. The lowest BCUT2D eigenvalue weighted by molar-refractivity contribution is -0.136. The topological polar surface area (TPSA) is 88.3 Å². The van der Waals surface area contributed by atoms with Gasteiger partial charge in [-0.25, -0.2) is 9.48 Å². The molecule has 0 aromatic carbocycles. The second-order valence-electron chi connectivity index (χ2n) is 4.60.